The lowest BCUT2D eigenvalue weighted by molar-refractivity contribution is 0.628. The average Bonchev–Trinajstić information content (AvgIpc) is 2.87. The van der Waals surface area contributed by atoms with Gasteiger partial charge in [-0.1, -0.05) is 22.0 Å². The molecule has 0 unspecified atom stereocenters. The van der Waals surface area contributed by atoms with E-state index in [1.54, 1.807) is 10.7 Å². The van der Waals surface area contributed by atoms with Crippen LogP contribution in [0.4, 0.5) is 10.1 Å². The highest BCUT2D eigenvalue weighted by Crippen LogP contribution is 2.26. The fourth-order valence-electron chi connectivity index (χ4n) is 1.87. The molecule has 3 rings (SSSR count). The first-order chi connectivity index (χ1) is 9.65. The van der Waals surface area contributed by atoms with Crippen molar-refractivity contribution in [2.24, 2.45) is 0 Å². The van der Waals surface area contributed by atoms with Gasteiger partial charge in [0, 0.05) is 15.7 Å². The fraction of sp³-hybridized carbons (Fsp3) is 0. The highest BCUT2D eigenvalue weighted by Gasteiger charge is 2.14. The van der Waals surface area contributed by atoms with E-state index in [1.165, 1.54) is 12.1 Å². The molecule has 100 valence electrons. The van der Waals surface area contributed by atoms with Crippen LogP contribution in [-0.2, 0) is 0 Å². The minimum Gasteiger partial charge on any atom is -0.398 e. The molecule has 3 aromatic rings. The summed E-state index contributed by atoms with van der Waals surface area (Å²) >= 11 is 3.40. The maximum absolute atomic E-state index is 13.1. The second kappa shape index (κ2) is 5.01. The summed E-state index contributed by atoms with van der Waals surface area (Å²) < 4.78 is 15.6. The Kier molecular flexibility index (Phi) is 3.19. The first-order valence-corrected chi connectivity index (χ1v) is 6.54. The van der Waals surface area contributed by atoms with E-state index in [0.29, 0.717) is 11.4 Å². The van der Waals surface area contributed by atoms with E-state index in [0.717, 1.165) is 10.2 Å². The van der Waals surface area contributed by atoms with Gasteiger partial charge in [-0.15, -0.1) is 5.10 Å². The number of nitrogens with two attached hydrogens (primary N) is 1. The van der Waals surface area contributed by atoms with E-state index in [-0.39, 0.29) is 5.69 Å². The molecular weight excluding hydrogens is 325 g/mol. The Morgan fingerprint density at radius 3 is 2.75 bits per heavy atom. The monoisotopic (exact) mass is 333 g/mol. The number of rotatable bonds is 2. The molecule has 0 atom stereocenters. The van der Waals surface area contributed by atoms with Crippen molar-refractivity contribution >= 4 is 21.6 Å². The summed E-state index contributed by atoms with van der Waals surface area (Å²) in [4.78, 5) is 0. The number of nitrogen functional groups attached to an aromatic ring is 1. The van der Waals surface area contributed by atoms with Crippen LogP contribution in [0.1, 0.15) is 0 Å². The Balaban J connectivity index is 2.15. The van der Waals surface area contributed by atoms with Gasteiger partial charge in [-0.25, -0.2) is 4.39 Å². The van der Waals surface area contributed by atoms with E-state index in [2.05, 4.69) is 31.5 Å². The van der Waals surface area contributed by atoms with Crippen molar-refractivity contribution in [3.63, 3.8) is 0 Å². The zero-order valence-electron chi connectivity index (χ0n) is 10.2. The SMILES string of the molecule is Nc1cc(F)ccc1-c1nnnn1-c1cccc(Br)c1. The second-order valence-corrected chi connectivity index (χ2v) is 5.04. The number of anilines is 1. The third-order valence-electron chi connectivity index (χ3n) is 2.78. The molecule has 0 aliphatic rings. The van der Waals surface area contributed by atoms with Gasteiger partial charge in [0.25, 0.3) is 0 Å². The summed E-state index contributed by atoms with van der Waals surface area (Å²) in [6.07, 6.45) is 0. The maximum atomic E-state index is 13.1. The predicted octanol–water partition coefficient (Wildman–Crippen LogP) is 2.81. The number of aromatic nitrogens is 4. The molecule has 0 aliphatic carbocycles. The van der Waals surface area contributed by atoms with Crippen molar-refractivity contribution in [1.82, 2.24) is 20.2 Å². The van der Waals surface area contributed by atoms with Crippen LogP contribution in [0.15, 0.2) is 46.9 Å². The molecule has 0 saturated heterocycles. The first-order valence-electron chi connectivity index (χ1n) is 5.75. The van der Waals surface area contributed by atoms with Crippen molar-refractivity contribution in [2.45, 2.75) is 0 Å². The normalized spacial score (nSPS) is 10.7. The van der Waals surface area contributed by atoms with Crippen molar-refractivity contribution in [3.8, 4) is 17.1 Å². The van der Waals surface area contributed by atoms with Crippen molar-refractivity contribution in [1.29, 1.82) is 0 Å². The highest BCUT2D eigenvalue weighted by molar-refractivity contribution is 9.10. The van der Waals surface area contributed by atoms with Crippen LogP contribution < -0.4 is 5.73 Å². The standard InChI is InChI=1S/C13H9BrFN5/c14-8-2-1-3-10(6-8)20-13(17-18-19-20)11-5-4-9(15)7-12(11)16/h1-7H,16H2. The molecule has 0 bridgehead atoms. The Morgan fingerprint density at radius 1 is 1.15 bits per heavy atom. The van der Waals surface area contributed by atoms with Gasteiger partial charge in [0.05, 0.1) is 5.69 Å². The smallest absolute Gasteiger partial charge is 0.189 e. The molecule has 20 heavy (non-hydrogen) atoms. The van der Waals surface area contributed by atoms with E-state index < -0.39 is 5.82 Å². The third kappa shape index (κ3) is 2.27. The first kappa shape index (κ1) is 12.7. The number of halogens is 2. The topological polar surface area (TPSA) is 69.6 Å². The molecule has 0 radical (unpaired) electrons. The summed E-state index contributed by atoms with van der Waals surface area (Å²) in [7, 11) is 0. The summed E-state index contributed by atoms with van der Waals surface area (Å²) in [5.41, 5.74) is 7.48. The number of hydrogen-bond acceptors (Lipinski definition) is 4. The number of benzene rings is 2. The minimum absolute atomic E-state index is 0.288. The fourth-order valence-corrected chi connectivity index (χ4v) is 2.26. The zero-order valence-corrected chi connectivity index (χ0v) is 11.7. The Labute approximate surface area is 122 Å². The minimum atomic E-state index is -0.396. The highest BCUT2D eigenvalue weighted by atomic mass is 79.9. The summed E-state index contributed by atoms with van der Waals surface area (Å²) in [6, 6.07) is 11.6. The van der Waals surface area contributed by atoms with E-state index in [9.17, 15) is 4.39 Å². The summed E-state index contributed by atoms with van der Waals surface area (Å²) in [5.74, 6) is 0.0633. The van der Waals surface area contributed by atoms with E-state index >= 15 is 0 Å². The van der Waals surface area contributed by atoms with Gasteiger partial charge in [0.15, 0.2) is 5.82 Å². The van der Waals surface area contributed by atoms with Crippen LogP contribution in [0.25, 0.3) is 17.1 Å². The average molecular weight is 334 g/mol. The maximum Gasteiger partial charge on any atom is 0.189 e. The second-order valence-electron chi connectivity index (χ2n) is 4.13. The Hall–Kier alpha value is -2.28. The lowest BCUT2D eigenvalue weighted by Gasteiger charge is -2.07. The van der Waals surface area contributed by atoms with Crippen LogP contribution in [0.5, 0.6) is 0 Å². The van der Waals surface area contributed by atoms with Crippen LogP contribution >= 0.6 is 15.9 Å². The summed E-state index contributed by atoms with van der Waals surface area (Å²) in [6.45, 7) is 0. The van der Waals surface area contributed by atoms with Crippen molar-refractivity contribution in [2.75, 3.05) is 5.73 Å². The Bertz CT molecular complexity index is 771. The molecule has 1 heterocycles. The predicted molar refractivity (Wildman–Crippen MR) is 76.7 cm³/mol. The zero-order chi connectivity index (χ0) is 14.1. The number of nitrogens with zero attached hydrogens (tertiary/aromatic N) is 4. The van der Waals surface area contributed by atoms with Crippen molar-refractivity contribution < 1.29 is 4.39 Å². The summed E-state index contributed by atoms with van der Waals surface area (Å²) in [5, 5.41) is 11.6. The van der Waals surface area contributed by atoms with Crippen LogP contribution in [0.3, 0.4) is 0 Å². The largest absolute Gasteiger partial charge is 0.398 e. The lowest BCUT2D eigenvalue weighted by atomic mass is 10.1. The van der Waals surface area contributed by atoms with Gasteiger partial charge in [0.2, 0.25) is 0 Å². The van der Waals surface area contributed by atoms with Crippen LogP contribution in [0, 0.1) is 5.82 Å². The van der Waals surface area contributed by atoms with Gasteiger partial charge in [-0.3, -0.25) is 0 Å². The molecule has 0 aliphatic heterocycles. The molecule has 7 heteroatoms. The van der Waals surface area contributed by atoms with Gasteiger partial charge in [-0.05, 0) is 46.8 Å². The molecule has 2 aromatic carbocycles. The molecule has 5 nitrogen and oxygen atoms in total. The van der Waals surface area contributed by atoms with Gasteiger partial charge >= 0.3 is 0 Å². The molecule has 1 aromatic heterocycles. The van der Waals surface area contributed by atoms with Gasteiger partial charge < -0.3 is 5.73 Å². The number of tetrazole rings is 1. The lowest BCUT2D eigenvalue weighted by Crippen LogP contribution is -2.02. The molecule has 0 spiro atoms. The third-order valence-corrected chi connectivity index (χ3v) is 3.27. The molecule has 0 amide bonds. The molecule has 0 fully saturated rings. The molecule has 0 saturated carbocycles. The van der Waals surface area contributed by atoms with E-state index in [4.69, 9.17) is 5.73 Å². The van der Waals surface area contributed by atoms with Gasteiger partial charge in [-0.2, -0.15) is 4.68 Å². The Morgan fingerprint density at radius 2 is 2.00 bits per heavy atom. The molecular formula is C13H9BrFN5. The van der Waals surface area contributed by atoms with Crippen LogP contribution in [-0.4, -0.2) is 20.2 Å². The number of hydrogen-bond donors (Lipinski definition) is 1. The van der Waals surface area contributed by atoms with Crippen molar-refractivity contribution in [3.05, 3.63) is 52.8 Å². The quantitative estimate of drug-likeness (QED) is 0.732. The van der Waals surface area contributed by atoms with Crippen LogP contribution in [0.2, 0.25) is 0 Å². The van der Waals surface area contributed by atoms with E-state index in [1.807, 2.05) is 24.3 Å². The molecule has 2 N–H and O–H groups in total. The van der Waals surface area contributed by atoms with Gasteiger partial charge in [0.1, 0.15) is 5.82 Å².